The Morgan fingerprint density at radius 2 is 2.28 bits per heavy atom. The minimum Gasteiger partial charge on any atom is -0.419 e. The predicted octanol–water partition coefficient (Wildman–Crippen LogP) is 2.11. The molecule has 1 aromatic heterocycles. The standard InChI is InChI=1S/C13H14N4O/c1-2-6-15-9-12-16-17-13(18-12)11-5-3-4-10(7-11)8-14/h3-5,7,15H,2,6,9H2,1H3. The lowest BCUT2D eigenvalue weighted by atomic mass is 10.1. The molecule has 18 heavy (non-hydrogen) atoms. The zero-order valence-electron chi connectivity index (χ0n) is 10.2. The van der Waals surface area contributed by atoms with Gasteiger partial charge in [-0.3, -0.25) is 0 Å². The van der Waals surface area contributed by atoms with E-state index in [-0.39, 0.29) is 0 Å². The minimum absolute atomic E-state index is 0.445. The van der Waals surface area contributed by atoms with Crippen molar-refractivity contribution in [3.05, 3.63) is 35.7 Å². The molecule has 0 aliphatic heterocycles. The first-order valence-corrected chi connectivity index (χ1v) is 5.87. The molecule has 0 amide bonds. The summed E-state index contributed by atoms with van der Waals surface area (Å²) in [5.41, 5.74) is 1.35. The van der Waals surface area contributed by atoms with Crippen LogP contribution < -0.4 is 5.32 Å². The van der Waals surface area contributed by atoms with Crippen molar-refractivity contribution < 1.29 is 4.42 Å². The molecule has 0 spiro atoms. The summed E-state index contributed by atoms with van der Waals surface area (Å²) in [5, 5.41) is 20.0. The number of nitrogens with one attached hydrogen (secondary N) is 1. The molecule has 1 N–H and O–H groups in total. The van der Waals surface area contributed by atoms with Crippen molar-refractivity contribution in [2.24, 2.45) is 0 Å². The second-order valence-corrected chi connectivity index (χ2v) is 3.87. The largest absolute Gasteiger partial charge is 0.419 e. The van der Waals surface area contributed by atoms with Crippen molar-refractivity contribution in [3.63, 3.8) is 0 Å². The van der Waals surface area contributed by atoms with Crippen molar-refractivity contribution in [1.29, 1.82) is 5.26 Å². The van der Waals surface area contributed by atoms with Gasteiger partial charge in [0.25, 0.3) is 0 Å². The van der Waals surface area contributed by atoms with Crippen LogP contribution >= 0.6 is 0 Å². The zero-order chi connectivity index (χ0) is 12.8. The number of hydrogen-bond acceptors (Lipinski definition) is 5. The molecule has 0 saturated carbocycles. The summed E-state index contributed by atoms with van der Waals surface area (Å²) in [6.07, 6.45) is 1.06. The number of hydrogen-bond donors (Lipinski definition) is 1. The molecule has 5 nitrogen and oxygen atoms in total. The van der Waals surface area contributed by atoms with Crippen LogP contribution in [0.3, 0.4) is 0 Å². The number of aromatic nitrogens is 2. The van der Waals surface area contributed by atoms with E-state index in [1.165, 1.54) is 0 Å². The molecular weight excluding hydrogens is 228 g/mol. The average Bonchev–Trinajstić information content (AvgIpc) is 2.88. The van der Waals surface area contributed by atoms with E-state index in [0.29, 0.717) is 23.9 Å². The molecule has 5 heteroatoms. The molecule has 0 aliphatic carbocycles. The number of nitrogens with zero attached hydrogens (tertiary/aromatic N) is 3. The fourth-order valence-electron chi connectivity index (χ4n) is 1.54. The first-order valence-electron chi connectivity index (χ1n) is 5.87. The number of nitriles is 1. The van der Waals surface area contributed by atoms with Gasteiger partial charge in [0, 0.05) is 5.56 Å². The topological polar surface area (TPSA) is 74.7 Å². The van der Waals surface area contributed by atoms with E-state index in [2.05, 4.69) is 28.5 Å². The van der Waals surface area contributed by atoms with E-state index in [9.17, 15) is 0 Å². The first kappa shape index (κ1) is 12.3. The molecule has 0 fully saturated rings. The van der Waals surface area contributed by atoms with Crippen LogP contribution in [-0.2, 0) is 6.54 Å². The lowest BCUT2D eigenvalue weighted by Crippen LogP contribution is -2.13. The lowest BCUT2D eigenvalue weighted by Gasteiger charge is -1.97. The van der Waals surface area contributed by atoms with Gasteiger partial charge in [0.05, 0.1) is 18.2 Å². The van der Waals surface area contributed by atoms with Crippen LogP contribution in [0.4, 0.5) is 0 Å². The Balaban J connectivity index is 2.11. The van der Waals surface area contributed by atoms with E-state index < -0.39 is 0 Å². The molecule has 0 unspecified atom stereocenters. The highest BCUT2D eigenvalue weighted by Crippen LogP contribution is 2.18. The van der Waals surface area contributed by atoms with Gasteiger partial charge in [-0.1, -0.05) is 13.0 Å². The Kier molecular flexibility index (Phi) is 4.05. The summed E-state index contributed by atoms with van der Waals surface area (Å²) in [5.74, 6) is 1.00. The quantitative estimate of drug-likeness (QED) is 0.813. The molecule has 2 rings (SSSR count). The maximum atomic E-state index is 8.83. The van der Waals surface area contributed by atoms with Crippen LogP contribution in [0.25, 0.3) is 11.5 Å². The van der Waals surface area contributed by atoms with Gasteiger partial charge in [0.2, 0.25) is 11.8 Å². The van der Waals surface area contributed by atoms with Crippen molar-refractivity contribution in [2.75, 3.05) is 6.54 Å². The second kappa shape index (κ2) is 5.94. The fourth-order valence-corrected chi connectivity index (χ4v) is 1.54. The van der Waals surface area contributed by atoms with Crippen LogP contribution in [-0.4, -0.2) is 16.7 Å². The van der Waals surface area contributed by atoms with Gasteiger partial charge in [-0.05, 0) is 31.2 Å². The molecule has 0 aliphatic rings. The predicted molar refractivity (Wildman–Crippen MR) is 66.4 cm³/mol. The Morgan fingerprint density at radius 3 is 3.06 bits per heavy atom. The molecule has 0 saturated heterocycles. The Hall–Kier alpha value is -2.19. The highest BCUT2D eigenvalue weighted by atomic mass is 16.4. The van der Waals surface area contributed by atoms with Crippen LogP contribution in [0.15, 0.2) is 28.7 Å². The van der Waals surface area contributed by atoms with Crippen LogP contribution in [0.2, 0.25) is 0 Å². The normalized spacial score (nSPS) is 10.2. The van der Waals surface area contributed by atoms with E-state index in [0.717, 1.165) is 18.5 Å². The smallest absolute Gasteiger partial charge is 0.247 e. The van der Waals surface area contributed by atoms with Crippen molar-refractivity contribution in [3.8, 4) is 17.5 Å². The molecule has 1 aromatic carbocycles. The van der Waals surface area contributed by atoms with E-state index >= 15 is 0 Å². The third-order valence-corrected chi connectivity index (χ3v) is 2.41. The van der Waals surface area contributed by atoms with E-state index in [1.807, 2.05) is 6.07 Å². The van der Waals surface area contributed by atoms with E-state index in [4.69, 9.17) is 9.68 Å². The molecule has 0 radical (unpaired) electrons. The summed E-state index contributed by atoms with van der Waals surface area (Å²) in [6.45, 7) is 3.58. The Morgan fingerprint density at radius 1 is 1.39 bits per heavy atom. The van der Waals surface area contributed by atoms with Crippen LogP contribution in [0.1, 0.15) is 24.8 Å². The monoisotopic (exact) mass is 242 g/mol. The summed E-state index contributed by atoms with van der Waals surface area (Å²) >= 11 is 0. The lowest BCUT2D eigenvalue weighted by molar-refractivity contribution is 0.477. The van der Waals surface area contributed by atoms with Crippen molar-refractivity contribution in [1.82, 2.24) is 15.5 Å². The molecule has 0 atom stereocenters. The van der Waals surface area contributed by atoms with Gasteiger partial charge >= 0.3 is 0 Å². The van der Waals surface area contributed by atoms with Crippen molar-refractivity contribution in [2.45, 2.75) is 19.9 Å². The van der Waals surface area contributed by atoms with Gasteiger partial charge in [-0.2, -0.15) is 5.26 Å². The highest BCUT2D eigenvalue weighted by Gasteiger charge is 2.08. The number of benzene rings is 1. The van der Waals surface area contributed by atoms with Crippen LogP contribution in [0, 0.1) is 11.3 Å². The van der Waals surface area contributed by atoms with Gasteiger partial charge in [0.15, 0.2) is 0 Å². The third kappa shape index (κ3) is 2.93. The maximum absolute atomic E-state index is 8.83. The molecule has 1 heterocycles. The minimum atomic E-state index is 0.445. The highest BCUT2D eigenvalue weighted by molar-refractivity contribution is 5.55. The SMILES string of the molecule is CCCNCc1nnc(-c2cccc(C#N)c2)o1. The van der Waals surface area contributed by atoms with Crippen LogP contribution in [0.5, 0.6) is 0 Å². The first-order chi connectivity index (χ1) is 8.83. The molecular formula is C13H14N4O. The fraction of sp³-hybridized carbons (Fsp3) is 0.308. The van der Waals surface area contributed by atoms with Gasteiger partial charge in [-0.15, -0.1) is 10.2 Å². The third-order valence-electron chi connectivity index (χ3n) is 2.41. The summed E-state index contributed by atoms with van der Waals surface area (Å²) in [6, 6.07) is 9.20. The Bertz CT molecular complexity index is 556. The Labute approximate surface area is 105 Å². The summed E-state index contributed by atoms with van der Waals surface area (Å²) in [7, 11) is 0. The maximum Gasteiger partial charge on any atom is 0.247 e. The average molecular weight is 242 g/mol. The van der Waals surface area contributed by atoms with Crippen molar-refractivity contribution >= 4 is 0 Å². The second-order valence-electron chi connectivity index (χ2n) is 3.87. The van der Waals surface area contributed by atoms with E-state index in [1.54, 1.807) is 18.2 Å². The van der Waals surface area contributed by atoms with Gasteiger partial charge < -0.3 is 9.73 Å². The van der Waals surface area contributed by atoms with Gasteiger partial charge in [-0.25, -0.2) is 0 Å². The molecule has 92 valence electrons. The summed E-state index contributed by atoms with van der Waals surface area (Å²) in [4.78, 5) is 0. The summed E-state index contributed by atoms with van der Waals surface area (Å²) < 4.78 is 5.52. The molecule has 2 aromatic rings. The molecule has 0 bridgehead atoms. The number of rotatable bonds is 5. The zero-order valence-corrected chi connectivity index (χ0v) is 10.2. The van der Waals surface area contributed by atoms with Gasteiger partial charge in [0.1, 0.15) is 0 Å².